The average molecular weight is 186 g/mol. The van der Waals surface area contributed by atoms with Gasteiger partial charge < -0.3 is 15.4 Å². The van der Waals surface area contributed by atoms with Crippen molar-refractivity contribution in [2.24, 2.45) is 0 Å². The molecule has 1 aliphatic rings. The molecular formula is C10H22N2O. The summed E-state index contributed by atoms with van der Waals surface area (Å²) in [6, 6.07) is 1.35. The quantitative estimate of drug-likeness (QED) is 0.615. The SMILES string of the molecule is COC(C)CNC(C)CNC1CC1. The zero-order valence-electron chi connectivity index (χ0n) is 8.97. The van der Waals surface area contributed by atoms with Gasteiger partial charge in [0.05, 0.1) is 6.10 Å². The van der Waals surface area contributed by atoms with Crippen molar-refractivity contribution >= 4 is 0 Å². The summed E-state index contributed by atoms with van der Waals surface area (Å²) in [4.78, 5) is 0. The first-order valence-corrected chi connectivity index (χ1v) is 5.22. The first-order valence-electron chi connectivity index (χ1n) is 5.22. The van der Waals surface area contributed by atoms with Crippen LogP contribution in [0.5, 0.6) is 0 Å². The van der Waals surface area contributed by atoms with Crippen molar-refractivity contribution in [2.45, 2.75) is 44.9 Å². The van der Waals surface area contributed by atoms with Crippen molar-refractivity contribution < 1.29 is 4.74 Å². The van der Waals surface area contributed by atoms with Gasteiger partial charge in [-0.3, -0.25) is 0 Å². The normalized spacial score (nSPS) is 21.5. The Morgan fingerprint density at radius 2 is 2.00 bits per heavy atom. The van der Waals surface area contributed by atoms with Gasteiger partial charge in [-0.2, -0.15) is 0 Å². The number of ether oxygens (including phenoxy) is 1. The fraction of sp³-hybridized carbons (Fsp3) is 1.00. The van der Waals surface area contributed by atoms with Gasteiger partial charge in [-0.25, -0.2) is 0 Å². The van der Waals surface area contributed by atoms with E-state index < -0.39 is 0 Å². The molecule has 0 aromatic rings. The predicted octanol–water partition coefficient (Wildman–Crippen LogP) is 0.751. The summed E-state index contributed by atoms with van der Waals surface area (Å²) in [5, 5.41) is 6.92. The highest BCUT2D eigenvalue weighted by Crippen LogP contribution is 2.18. The van der Waals surface area contributed by atoms with E-state index in [1.54, 1.807) is 7.11 Å². The minimum atomic E-state index is 0.309. The van der Waals surface area contributed by atoms with E-state index in [4.69, 9.17) is 4.74 Å². The maximum absolute atomic E-state index is 5.16. The van der Waals surface area contributed by atoms with Crippen LogP contribution in [-0.2, 0) is 4.74 Å². The molecule has 1 saturated carbocycles. The van der Waals surface area contributed by atoms with Crippen LogP contribution in [-0.4, -0.2) is 38.4 Å². The summed E-state index contributed by atoms with van der Waals surface area (Å²) in [6.07, 6.45) is 3.03. The Kier molecular flexibility index (Phi) is 4.70. The van der Waals surface area contributed by atoms with Gasteiger partial charge in [-0.15, -0.1) is 0 Å². The second-order valence-electron chi connectivity index (χ2n) is 4.04. The van der Waals surface area contributed by atoms with Crippen molar-refractivity contribution in [1.29, 1.82) is 0 Å². The van der Waals surface area contributed by atoms with Gasteiger partial charge in [0.25, 0.3) is 0 Å². The average Bonchev–Trinajstić information content (AvgIpc) is 2.94. The van der Waals surface area contributed by atoms with Gasteiger partial charge in [0.2, 0.25) is 0 Å². The van der Waals surface area contributed by atoms with Gasteiger partial charge in [0.1, 0.15) is 0 Å². The summed E-state index contributed by atoms with van der Waals surface area (Å²) >= 11 is 0. The minimum absolute atomic E-state index is 0.309. The third-order valence-electron chi connectivity index (χ3n) is 2.45. The summed E-state index contributed by atoms with van der Waals surface area (Å²) in [7, 11) is 1.75. The van der Waals surface area contributed by atoms with E-state index in [1.807, 2.05) is 0 Å². The maximum atomic E-state index is 5.16. The summed E-state index contributed by atoms with van der Waals surface area (Å²) in [5.74, 6) is 0. The van der Waals surface area contributed by atoms with Crippen molar-refractivity contribution in [2.75, 3.05) is 20.2 Å². The highest BCUT2D eigenvalue weighted by molar-refractivity contribution is 4.82. The lowest BCUT2D eigenvalue weighted by atomic mass is 10.3. The van der Waals surface area contributed by atoms with E-state index >= 15 is 0 Å². The Labute approximate surface area is 81.2 Å². The third kappa shape index (κ3) is 5.24. The molecular weight excluding hydrogens is 164 g/mol. The van der Waals surface area contributed by atoms with Gasteiger partial charge >= 0.3 is 0 Å². The molecule has 0 aromatic heterocycles. The largest absolute Gasteiger partial charge is 0.380 e. The molecule has 0 bridgehead atoms. The van der Waals surface area contributed by atoms with Gasteiger partial charge in [0, 0.05) is 32.3 Å². The molecule has 0 heterocycles. The Hall–Kier alpha value is -0.120. The Bertz CT molecular complexity index is 137. The summed E-state index contributed by atoms with van der Waals surface area (Å²) in [5.41, 5.74) is 0. The van der Waals surface area contributed by atoms with E-state index in [0.29, 0.717) is 12.1 Å². The molecule has 1 rings (SSSR count). The van der Waals surface area contributed by atoms with Crippen LogP contribution >= 0.6 is 0 Å². The van der Waals surface area contributed by atoms with E-state index in [0.717, 1.165) is 19.1 Å². The fourth-order valence-corrected chi connectivity index (χ4v) is 1.15. The maximum Gasteiger partial charge on any atom is 0.0667 e. The van der Waals surface area contributed by atoms with Gasteiger partial charge in [-0.1, -0.05) is 0 Å². The molecule has 0 saturated heterocycles. The highest BCUT2D eigenvalue weighted by atomic mass is 16.5. The van der Waals surface area contributed by atoms with Crippen LogP contribution in [0.25, 0.3) is 0 Å². The van der Waals surface area contributed by atoms with Gasteiger partial charge in [-0.05, 0) is 26.7 Å². The van der Waals surface area contributed by atoms with Crippen molar-refractivity contribution in [3.05, 3.63) is 0 Å². The standard InChI is InChI=1S/C10H22N2O/c1-8(6-12-10-4-5-10)11-7-9(2)13-3/h8-12H,4-7H2,1-3H3. The smallest absolute Gasteiger partial charge is 0.0667 e. The van der Waals surface area contributed by atoms with Crippen LogP contribution in [0.15, 0.2) is 0 Å². The van der Waals surface area contributed by atoms with E-state index in [1.165, 1.54) is 12.8 Å². The van der Waals surface area contributed by atoms with Crippen LogP contribution in [0.4, 0.5) is 0 Å². The second kappa shape index (κ2) is 5.58. The molecule has 0 amide bonds. The lowest BCUT2D eigenvalue weighted by Gasteiger charge is -2.17. The van der Waals surface area contributed by atoms with Crippen molar-refractivity contribution in [3.63, 3.8) is 0 Å². The monoisotopic (exact) mass is 186 g/mol. The minimum Gasteiger partial charge on any atom is -0.380 e. The molecule has 2 unspecified atom stereocenters. The summed E-state index contributed by atoms with van der Waals surface area (Å²) in [6.45, 7) is 6.29. The predicted molar refractivity (Wildman–Crippen MR) is 55.0 cm³/mol. The topological polar surface area (TPSA) is 33.3 Å². The molecule has 2 N–H and O–H groups in total. The van der Waals surface area contributed by atoms with E-state index in [2.05, 4.69) is 24.5 Å². The molecule has 3 heteroatoms. The lowest BCUT2D eigenvalue weighted by molar-refractivity contribution is 0.115. The van der Waals surface area contributed by atoms with Crippen LogP contribution in [0.1, 0.15) is 26.7 Å². The Morgan fingerprint density at radius 3 is 2.54 bits per heavy atom. The number of hydrogen-bond acceptors (Lipinski definition) is 3. The zero-order chi connectivity index (χ0) is 9.68. The molecule has 0 aliphatic heterocycles. The van der Waals surface area contributed by atoms with Crippen molar-refractivity contribution in [1.82, 2.24) is 10.6 Å². The number of nitrogens with one attached hydrogen (secondary N) is 2. The molecule has 3 nitrogen and oxygen atoms in total. The molecule has 2 atom stereocenters. The Morgan fingerprint density at radius 1 is 1.31 bits per heavy atom. The number of hydrogen-bond donors (Lipinski definition) is 2. The molecule has 1 aliphatic carbocycles. The van der Waals surface area contributed by atoms with Crippen LogP contribution < -0.4 is 10.6 Å². The molecule has 13 heavy (non-hydrogen) atoms. The summed E-state index contributed by atoms with van der Waals surface area (Å²) < 4.78 is 5.16. The zero-order valence-corrected chi connectivity index (χ0v) is 8.97. The molecule has 0 aromatic carbocycles. The third-order valence-corrected chi connectivity index (χ3v) is 2.45. The molecule has 0 spiro atoms. The number of methoxy groups -OCH3 is 1. The van der Waals surface area contributed by atoms with Crippen molar-refractivity contribution in [3.8, 4) is 0 Å². The molecule has 0 radical (unpaired) electrons. The highest BCUT2D eigenvalue weighted by Gasteiger charge is 2.20. The lowest BCUT2D eigenvalue weighted by Crippen LogP contribution is -2.40. The molecule has 1 fully saturated rings. The van der Waals surface area contributed by atoms with E-state index in [9.17, 15) is 0 Å². The number of rotatable bonds is 7. The van der Waals surface area contributed by atoms with Crippen LogP contribution in [0.3, 0.4) is 0 Å². The van der Waals surface area contributed by atoms with E-state index in [-0.39, 0.29) is 0 Å². The van der Waals surface area contributed by atoms with Crippen LogP contribution in [0, 0.1) is 0 Å². The first kappa shape index (κ1) is 11.0. The van der Waals surface area contributed by atoms with Crippen LogP contribution in [0.2, 0.25) is 0 Å². The molecule has 78 valence electrons. The second-order valence-corrected chi connectivity index (χ2v) is 4.04. The first-order chi connectivity index (χ1) is 6.22. The van der Waals surface area contributed by atoms with Gasteiger partial charge in [0.15, 0.2) is 0 Å². The Balaban J connectivity index is 1.92. The fourth-order valence-electron chi connectivity index (χ4n) is 1.15.